The van der Waals surface area contributed by atoms with Gasteiger partial charge in [-0.3, -0.25) is 10.1 Å². The Hall–Kier alpha value is -3.09. The highest BCUT2D eigenvalue weighted by Gasteiger charge is 2.20. The van der Waals surface area contributed by atoms with Crippen molar-refractivity contribution < 1.29 is 14.3 Å². The Morgan fingerprint density at radius 3 is 2.29 bits per heavy atom. The maximum Gasteiger partial charge on any atom is 0.412 e. The number of pyridine rings is 1. The molecule has 0 radical (unpaired) electrons. The van der Waals surface area contributed by atoms with E-state index in [2.05, 4.69) is 15.6 Å². The van der Waals surface area contributed by atoms with E-state index in [1.807, 2.05) is 30.3 Å². The molecule has 2 aromatic carbocycles. The minimum Gasteiger partial charge on any atom is -0.444 e. The number of aromatic nitrogens is 1. The number of carbonyl (C=O) groups excluding carboxylic acids is 2. The van der Waals surface area contributed by atoms with E-state index in [0.717, 1.165) is 5.56 Å². The summed E-state index contributed by atoms with van der Waals surface area (Å²) in [6.45, 7) is 5.31. The molecular weight excluding hydrogens is 437 g/mol. The molecule has 3 rings (SSSR count). The molecule has 0 saturated heterocycles. The lowest BCUT2D eigenvalue weighted by molar-refractivity contribution is 0.0635. The van der Waals surface area contributed by atoms with Crippen molar-refractivity contribution in [2.24, 2.45) is 0 Å². The standard InChI is InChI=1S/C23H21Cl2N3O3/c1-23(2,3)31-22(30)28-19-12-16(14-8-5-4-6-9-14)18(13-17(19)24)27-21(29)15-10-7-11-26-20(15)25/h4-13H,1-3H3,(H,27,29)(H,28,30). The second-order valence-electron chi connectivity index (χ2n) is 7.67. The summed E-state index contributed by atoms with van der Waals surface area (Å²) in [5.74, 6) is -0.431. The average molecular weight is 458 g/mol. The first kappa shape index (κ1) is 22.6. The van der Waals surface area contributed by atoms with Gasteiger partial charge in [-0.25, -0.2) is 9.78 Å². The van der Waals surface area contributed by atoms with Crippen molar-refractivity contribution >= 4 is 46.6 Å². The number of benzene rings is 2. The maximum atomic E-state index is 12.8. The second kappa shape index (κ2) is 9.37. The van der Waals surface area contributed by atoms with Gasteiger partial charge in [0.1, 0.15) is 10.8 Å². The Labute approximate surface area is 190 Å². The number of anilines is 2. The normalized spacial score (nSPS) is 11.0. The summed E-state index contributed by atoms with van der Waals surface area (Å²) >= 11 is 12.5. The Balaban J connectivity index is 1.99. The van der Waals surface area contributed by atoms with Crippen molar-refractivity contribution in [3.63, 3.8) is 0 Å². The smallest absolute Gasteiger partial charge is 0.412 e. The first-order chi connectivity index (χ1) is 14.6. The number of nitrogens with zero attached hydrogens (tertiary/aromatic N) is 1. The zero-order chi connectivity index (χ0) is 22.6. The van der Waals surface area contributed by atoms with Gasteiger partial charge in [-0.15, -0.1) is 0 Å². The van der Waals surface area contributed by atoms with E-state index in [-0.39, 0.29) is 15.7 Å². The Kier molecular flexibility index (Phi) is 6.83. The van der Waals surface area contributed by atoms with Crippen LogP contribution in [0.25, 0.3) is 11.1 Å². The third-order valence-corrected chi connectivity index (χ3v) is 4.69. The van der Waals surface area contributed by atoms with Crippen LogP contribution in [-0.4, -0.2) is 22.6 Å². The number of carbonyl (C=O) groups is 2. The molecule has 0 fully saturated rings. The van der Waals surface area contributed by atoms with Crippen LogP contribution < -0.4 is 10.6 Å². The van der Waals surface area contributed by atoms with E-state index < -0.39 is 17.6 Å². The second-order valence-corrected chi connectivity index (χ2v) is 8.43. The Morgan fingerprint density at radius 2 is 1.65 bits per heavy atom. The monoisotopic (exact) mass is 457 g/mol. The van der Waals surface area contributed by atoms with Crippen LogP contribution in [0.2, 0.25) is 10.2 Å². The molecule has 0 aliphatic carbocycles. The van der Waals surface area contributed by atoms with E-state index >= 15 is 0 Å². The predicted octanol–water partition coefficient (Wildman–Crippen LogP) is 6.65. The molecule has 0 aliphatic heterocycles. The van der Waals surface area contributed by atoms with Crippen LogP contribution in [0.15, 0.2) is 60.8 Å². The lowest BCUT2D eigenvalue weighted by atomic mass is 10.0. The summed E-state index contributed by atoms with van der Waals surface area (Å²) in [7, 11) is 0. The van der Waals surface area contributed by atoms with Gasteiger partial charge in [0.25, 0.3) is 5.91 Å². The lowest BCUT2D eigenvalue weighted by Gasteiger charge is -2.21. The van der Waals surface area contributed by atoms with Crippen LogP contribution in [-0.2, 0) is 4.74 Å². The number of halogens is 2. The maximum absolute atomic E-state index is 12.8. The molecule has 0 saturated carbocycles. The predicted molar refractivity (Wildman–Crippen MR) is 124 cm³/mol. The third-order valence-electron chi connectivity index (χ3n) is 4.08. The van der Waals surface area contributed by atoms with E-state index in [1.165, 1.54) is 6.20 Å². The topological polar surface area (TPSA) is 80.3 Å². The lowest BCUT2D eigenvalue weighted by Crippen LogP contribution is -2.27. The van der Waals surface area contributed by atoms with E-state index in [0.29, 0.717) is 16.9 Å². The van der Waals surface area contributed by atoms with Crippen LogP contribution in [0.3, 0.4) is 0 Å². The largest absolute Gasteiger partial charge is 0.444 e. The van der Waals surface area contributed by atoms with Gasteiger partial charge in [0, 0.05) is 11.8 Å². The molecule has 3 aromatic rings. The molecule has 2 amide bonds. The highest BCUT2D eigenvalue weighted by Crippen LogP contribution is 2.36. The fourth-order valence-corrected chi connectivity index (χ4v) is 3.20. The Morgan fingerprint density at radius 1 is 0.935 bits per heavy atom. The first-order valence-electron chi connectivity index (χ1n) is 9.45. The molecule has 1 aromatic heterocycles. The highest BCUT2D eigenvalue weighted by molar-refractivity contribution is 6.35. The fraction of sp³-hybridized carbons (Fsp3) is 0.174. The molecule has 8 heteroatoms. The summed E-state index contributed by atoms with van der Waals surface area (Å²) in [5.41, 5.74) is 1.86. The van der Waals surface area contributed by atoms with Gasteiger partial charge < -0.3 is 10.1 Å². The zero-order valence-electron chi connectivity index (χ0n) is 17.2. The number of nitrogens with one attached hydrogen (secondary N) is 2. The quantitative estimate of drug-likeness (QED) is 0.429. The number of hydrogen-bond acceptors (Lipinski definition) is 4. The SMILES string of the molecule is CC(C)(C)OC(=O)Nc1cc(-c2ccccc2)c(NC(=O)c2cccnc2Cl)cc1Cl. The summed E-state index contributed by atoms with van der Waals surface area (Å²) in [4.78, 5) is 28.9. The molecule has 0 unspecified atom stereocenters. The summed E-state index contributed by atoms with van der Waals surface area (Å²) < 4.78 is 5.31. The number of rotatable bonds is 4. The average Bonchev–Trinajstić information content (AvgIpc) is 2.69. The minimum atomic E-state index is -0.657. The molecule has 2 N–H and O–H groups in total. The zero-order valence-corrected chi connectivity index (χ0v) is 18.7. The van der Waals surface area contributed by atoms with Gasteiger partial charge in [0.2, 0.25) is 0 Å². The van der Waals surface area contributed by atoms with Crippen molar-refractivity contribution in [1.82, 2.24) is 4.98 Å². The van der Waals surface area contributed by atoms with Crippen molar-refractivity contribution in [2.45, 2.75) is 26.4 Å². The number of hydrogen-bond donors (Lipinski definition) is 2. The van der Waals surface area contributed by atoms with Crippen molar-refractivity contribution in [3.05, 3.63) is 76.5 Å². The molecule has 1 heterocycles. The van der Waals surface area contributed by atoms with Gasteiger partial charge in [0.15, 0.2) is 0 Å². The van der Waals surface area contributed by atoms with Gasteiger partial charge in [-0.1, -0.05) is 53.5 Å². The van der Waals surface area contributed by atoms with Gasteiger partial charge in [0.05, 0.1) is 22.0 Å². The molecule has 160 valence electrons. The van der Waals surface area contributed by atoms with Crippen LogP contribution >= 0.6 is 23.2 Å². The van der Waals surface area contributed by atoms with Crippen molar-refractivity contribution in [3.8, 4) is 11.1 Å². The Bertz CT molecular complexity index is 1110. The number of ether oxygens (including phenoxy) is 1. The molecule has 0 spiro atoms. The van der Waals surface area contributed by atoms with Crippen molar-refractivity contribution in [2.75, 3.05) is 10.6 Å². The molecule has 0 aliphatic rings. The number of amides is 2. The molecular formula is C23H21Cl2N3O3. The highest BCUT2D eigenvalue weighted by atomic mass is 35.5. The van der Waals surface area contributed by atoms with Gasteiger partial charge >= 0.3 is 6.09 Å². The molecule has 0 atom stereocenters. The minimum absolute atomic E-state index is 0.0931. The first-order valence-corrected chi connectivity index (χ1v) is 10.2. The summed E-state index contributed by atoms with van der Waals surface area (Å²) in [6, 6.07) is 15.8. The van der Waals surface area contributed by atoms with Crippen LogP contribution in [0, 0.1) is 0 Å². The van der Waals surface area contributed by atoms with Crippen molar-refractivity contribution in [1.29, 1.82) is 0 Å². The van der Waals surface area contributed by atoms with Gasteiger partial charge in [-0.05, 0) is 50.6 Å². The summed E-state index contributed by atoms with van der Waals surface area (Å²) in [5, 5.41) is 5.82. The van der Waals surface area contributed by atoms with Crippen LogP contribution in [0.1, 0.15) is 31.1 Å². The van der Waals surface area contributed by atoms with E-state index in [4.69, 9.17) is 27.9 Å². The van der Waals surface area contributed by atoms with Gasteiger partial charge in [-0.2, -0.15) is 0 Å². The fourth-order valence-electron chi connectivity index (χ4n) is 2.79. The molecule has 6 nitrogen and oxygen atoms in total. The molecule has 0 bridgehead atoms. The van der Waals surface area contributed by atoms with Crippen LogP contribution in [0.5, 0.6) is 0 Å². The van der Waals surface area contributed by atoms with E-state index in [1.54, 1.807) is 45.0 Å². The van der Waals surface area contributed by atoms with Crippen LogP contribution in [0.4, 0.5) is 16.2 Å². The third kappa shape index (κ3) is 5.96. The summed E-state index contributed by atoms with van der Waals surface area (Å²) in [6.07, 6.45) is 0.870. The molecule has 31 heavy (non-hydrogen) atoms. The van der Waals surface area contributed by atoms with E-state index in [9.17, 15) is 9.59 Å².